The molecule has 0 fully saturated rings. The molecule has 0 aliphatic rings. The highest BCUT2D eigenvalue weighted by atomic mass is 19.1. The minimum absolute atomic E-state index is 0.0318. The molecule has 96 valence electrons. The van der Waals surface area contributed by atoms with Crippen LogP contribution in [0.15, 0.2) is 6.20 Å². The highest BCUT2D eigenvalue weighted by Gasteiger charge is 2.05. The first-order valence-electron chi connectivity index (χ1n) is 6.15. The normalized spacial score (nSPS) is 10.5. The van der Waals surface area contributed by atoms with Crippen LogP contribution in [-0.4, -0.2) is 16.6 Å². The Morgan fingerprint density at radius 3 is 2.71 bits per heavy atom. The number of halogens is 1. The summed E-state index contributed by atoms with van der Waals surface area (Å²) in [5.74, 6) is -0.583. The molecule has 0 atom stereocenters. The van der Waals surface area contributed by atoms with Gasteiger partial charge in [-0.05, 0) is 6.42 Å². The summed E-state index contributed by atoms with van der Waals surface area (Å²) in [6.07, 6.45) is 8.00. The minimum Gasteiger partial charge on any atom is -0.475 e. The van der Waals surface area contributed by atoms with E-state index in [0.717, 1.165) is 19.0 Å². The van der Waals surface area contributed by atoms with Gasteiger partial charge in [0.05, 0.1) is 12.8 Å². The van der Waals surface area contributed by atoms with Crippen molar-refractivity contribution in [2.45, 2.75) is 45.4 Å². The number of ether oxygens (including phenoxy) is 1. The van der Waals surface area contributed by atoms with E-state index in [1.807, 2.05) is 0 Å². The zero-order valence-electron chi connectivity index (χ0n) is 10.3. The molecule has 0 amide bonds. The summed E-state index contributed by atoms with van der Waals surface area (Å²) in [5.41, 5.74) is 5.34. The van der Waals surface area contributed by atoms with E-state index in [-0.39, 0.29) is 11.8 Å². The molecule has 0 bridgehead atoms. The predicted octanol–water partition coefficient (Wildman–Crippen LogP) is 2.94. The van der Waals surface area contributed by atoms with Crippen LogP contribution >= 0.6 is 0 Å². The Morgan fingerprint density at radius 2 is 1.94 bits per heavy atom. The van der Waals surface area contributed by atoms with Gasteiger partial charge in [0.1, 0.15) is 0 Å². The maximum Gasteiger partial charge on any atom is 0.255 e. The van der Waals surface area contributed by atoms with E-state index in [1.165, 1.54) is 25.7 Å². The van der Waals surface area contributed by atoms with E-state index in [0.29, 0.717) is 6.61 Å². The van der Waals surface area contributed by atoms with Crippen molar-refractivity contribution in [2.75, 3.05) is 12.3 Å². The molecule has 1 aromatic heterocycles. The number of hydrogen-bond acceptors (Lipinski definition) is 4. The van der Waals surface area contributed by atoms with Crippen LogP contribution in [0.2, 0.25) is 0 Å². The van der Waals surface area contributed by atoms with Crippen molar-refractivity contribution >= 4 is 5.95 Å². The second-order valence-corrected chi connectivity index (χ2v) is 4.00. The lowest BCUT2D eigenvalue weighted by molar-refractivity contribution is 0.277. The van der Waals surface area contributed by atoms with Crippen molar-refractivity contribution in [3.05, 3.63) is 12.0 Å². The molecule has 2 N–H and O–H groups in total. The molecular weight excluding hydrogens is 221 g/mol. The number of aromatic nitrogens is 2. The maximum atomic E-state index is 13.1. The van der Waals surface area contributed by atoms with Gasteiger partial charge in [-0.15, -0.1) is 0 Å². The smallest absolute Gasteiger partial charge is 0.255 e. The van der Waals surface area contributed by atoms with Crippen LogP contribution in [0.5, 0.6) is 5.88 Å². The highest BCUT2D eigenvalue weighted by molar-refractivity contribution is 5.22. The zero-order chi connectivity index (χ0) is 12.5. The largest absolute Gasteiger partial charge is 0.475 e. The molecule has 17 heavy (non-hydrogen) atoms. The molecule has 4 nitrogen and oxygen atoms in total. The van der Waals surface area contributed by atoms with Gasteiger partial charge in [0, 0.05) is 0 Å². The van der Waals surface area contributed by atoms with Gasteiger partial charge in [0.2, 0.25) is 11.8 Å². The second kappa shape index (κ2) is 7.81. The topological polar surface area (TPSA) is 61.0 Å². The summed E-state index contributed by atoms with van der Waals surface area (Å²) in [4.78, 5) is 7.22. The predicted molar refractivity (Wildman–Crippen MR) is 65.3 cm³/mol. The minimum atomic E-state index is -0.565. The van der Waals surface area contributed by atoms with Gasteiger partial charge < -0.3 is 10.5 Å². The number of anilines is 1. The van der Waals surface area contributed by atoms with Gasteiger partial charge in [-0.1, -0.05) is 39.0 Å². The van der Waals surface area contributed by atoms with Gasteiger partial charge in [-0.25, -0.2) is 4.98 Å². The lowest BCUT2D eigenvalue weighted by atomic mass is 10.1. The maximum absolute atomic E-state index is 13.1. The Balaban J connectivity index is 2.15. The van der Waals surface area contributed by atoms with Crippen molar-refractivity contribution in [3.8, 4) is 5.88 Å². The van der Waals surface area contributed by atoms with Crippen molar-refractivity contribution in [1.82, 2.24) is 9.97 Å². The first kappa shape index (κ1) is 13.7. The van der Waals surface area contributed by atoms with Crippen molar-refractivity contribution in [3.63, 3.8) is 0 Å². The average molecular weight is 241 g/mol. The Morgan fingerprint density at radius 1 is 1.24 bits per heavy atom. The molecule has 1 rings (SSSR count). The standard InChI is InChI=1S/C12H20FN3O/c1-2-3-4-5-6-7-8-17-11-10(13)9-15-12(14)16-11/h9H,2-8H2,1H3,(H2,14,15,16). The van der Waals surface area contributed by atoms with E-state index in [1.54, 1.807) is 0 Å². The van der Waals surface area contributed by atoms with Crippen LogP contribution in [0.4, 0.5) is 10.3 Å². The SMILES string of the molecule is CCCCCCCCOc1nc(N)ncc1F. The first-order chi connectivity index (χ1) is 8.24. The van der Waals surface area contributed by atoms with Crippen LogP contribution in [-0.2, 0) is 0 Å². The van der Waals surface area contributed by atoms with E-state index in [4.69, 9.17) is 10.5 Å². The molecule has 0 saturated heterocycles. The Labute approximate surface area is 101 Å². The zero-order valence-corrected chi connectivity index (χ0v) is 10.3. The fraction of sp³-hybridized carbons (Fsp3) is 0.667. The van der Waals surface area contributed by atoms with E-state index in [9.17, 15) is 4.39 Å². The number of nitrogens with two attached hydrogens (primary N) is 1. The van der Waals surface area contributed by atoms with Gasteiger partial charge in [0.15, 0.2) is 0 Å². The number of nitrogen functional groups attached to an aromatic ring is 1. The summed E-state index contributed by atoms with van der Waals surface area (Å²) < 4.78 is 18.4. The van der Waals surface area contributed by atoms with E-state index < -0.39 is 5.82 Å². The monoisotopic (exact) mass is 241 g/mol. The van der Waals surface area contributed by atoms with Gasteiger partial charge >= 0.3 is 0 Å². The number of hydrogen-bond donors (Lipinski definition) is 1. The molecule has 0 aromatic carbocycles. The Kier molecular flexibility index (Phi) is 6.29. The molecule has 0 spiro atoms. The van der Waals surface area contributed by atoms with Gasteiger partial charge in [-0.3, -0.25) is 0 Å². The third-order valence-electron chi connectivity index (χ3n) is 2.47. The third-order valence-corrected chi connectivity index (χ3v) is 2.47. The van der Waals surface area contributed by atoms with Crippen LogP contribution in [0.3, 0.4) is 0 Å². The molecule has 0 radical (unpaired) electrons. The molecule has 5 heteroatoms. The fourth-order valence-corrected chi connectivity index (χ4v) is 1.52. The number of rotatable bonds is 8. The molecule has 1 aromatic rings. The summed E-state index contributed by atoms with van der Waals surface area (Å²) in [5, 5.41) is 0. The summed E-state index contributed by atoms with van der Waals surface area (Å²) in [7, 11) is 0. The lowest BCUT2D eigenvalue weighted by Crippen LogP contribution is -2.04. The highest BCUT2D eigenvalue weighted by Crippen LogP contribution is 2.13. The number of unbranched alkanes of at least 4 members (excludes halogenated alkanes) is 5. The molecule has 0 unspecified atom stereocenters. The van der Waals surface area contributed by atoms with E-state index in [2.05, 4.69) is 16.9 Å². The average Bonchev–Trinajstić information content (AvgIpc) is 2.32. The quantitative estimate of drug-likeness (QED) is 0.711. The lowest BCUT2D eigenvalue weighted by Gasteiger charge is -2.06. The van der Waals surface area contributed by atoms with Crippen molar-refractivity contribution in [2.24, 2.45) is 0 Å². The van der Waals surface area contributed by atoms with Crippen molar-refractivity contribution < 1.29 is 9.13 Å². The van der Waals surface area contributed by atoms with Gasteiger partial charge in [-0.2, -0.15) is 9.37 Å². The van der Waals surface area contributed by atoms with Crippen LogP contribution in [0.1, 0.15) is 45.4 Å². The van der Waals surface area contributed by atoms with Crippen LogP contribution in [0.25, 0.3) is 0 Å². The summed E-state index contributed by atoms with van der Waals surface area (Å²) in [6, 6.07) is 0. The first-order valence-corrected chi connectivity index (χ1v) is 6.15. The fourth-order valence-electron chi connectivity index (χ4n) is 1.52. The molecule has 0 aliphatic carbocycles. The summed E-state index contributed by atoms with van der Waals surface area (Å²) >= 11 is 0. The Bertz CT molecular complexity index is 334. The van der Waals surface area contributed by atoms with Crippen LogP contribution < -0.4 is 10.5 Å². The molecule has 0 saturated carbocycles. The number of nitrogens with zero attached hydrogens (tertiary/aromatic N) is 2. The van der Waals surface area contributed by atoms with Crippen molar-refractivity contribution in [1.29, 1.82) is 0 Å². The molecule has 1 heterocycles. The summed E-state index contributed by atoms with van der Waals surface area (Å²) in [6.45, 7) is 2.66. The Hall–Kier alpha value is -1.39. The third kappa shape index (κ3) is 5.47. The van der Waals surface area contributed by atoms with Crippen LogP contribution in [0, 0.1) is 5.82 Å². The second-order valence-electron chi connectivity index (χ2n) is 4.00. The van der Waals surface area contributed by atoms with E-state index >= 15 is 0 Å². The molecule has 0 aliphatic heterocycles. The molecular formula is C12H20FN3O. The van der Waals surface area contributed by atoms with Gasteiger partial charge in [0.25, 0.3) is 5.88 Å².